The summed E-state index contributed by atoms with van der Waals surface area (Å²) in [6.07, 6.45) is 2.94. The van der Waals surface area contributed by atoms with Crippen LogP contribution >= 0.6 is 0 Å². The molecule has 7 heteroatoms. The fourth-order valence-electron chi connectivity index (χ4n) is 2.03. The molecule has 0 fully saturated rings. The van der Waals surface area contributed by atoms with E-state index in [0.717, 1.165) is 5.56 Å². The van der Waals surface area contributed by atoms with Crippen LogP contribution in [0.2, 0.25) is 0 Å². The summed E-state index contributed by atoms with van der Waals surface area (Å²) in [5.41, 5.74) is 1.20. The van der Waals surface area contributed by atoms with Gasteiger partial charge in [-0.25, -0.2) is 4.98 Å². The van der Waals surface area contributed by atoms with Gasteiger partial charge in [-0.05, 0) is 30.7 Å². The smallest absolute Gasteiger partial charge is 0.267 e. The van der Waals surface area contributed by atoms with Crippen molar-refractivity contribution >= 4 is 17.4 Å². The first-order valence-electron chi connectivity index (χ1n) is 7.41. The molecule has 0 saturated carbocycles. The molecule has 0 radical (unpaired) electrons. The van der Waals surface area contributed by atoms with Gasteiger partial charge in [0.25, 0.3) is 5.91 Å². The molecule has 2 aromatic rings. The zero-order valence-corrected chi connectivity index (χ0v) is 14.2. The molecule has 2 rings (SSSR count). The van der Waals surface area contributed by atoms with E-state index in [1.165, 1.54) is 20.4 Å². The van der Waals surface area contributed by atoms with Gasteiger partial charge >= 0.3 is 0 Å². The fraction of sp³-hybridized carbons (Fsp3) is 0.167. The number of rotatable bonds is 6. The van der Waals surface area contributed by atoms with Gasteiger partial charge in [-0.3, -0.25) is 4.79 Å². The Morgan fingerprint density at radius 2 is 2.08 bits per heavy atom. The average molecular weight is 338 g/mol. The van der Waals surface area contributed by atoms with E-state index in [2.05, 4.69) is 15.6 Å². The number of nitriles is 1. The summed E-state index contributed by atoms with van der Waals surface area (Å²) in [5.74, 6) is 1.01. The highest BCUT2D eigenvalue weighted by Gasteiger charge is 2.13. The molecule has 0 bridgehead atoms. The largest absolute Gasteiger partial charge is 0.497 e. The molecule has 1 aromatic heterocycles. The molecular weight excluding hydrogens is 320 g/mol. The van der Waals surface area contributed by atoms with E-state index in [1.807, 2.05) is 19.1 Å². The molecule has 1 amide bonds. The second-order valence-electron chi connectivity index (χ2n) is 5.00. The summed E-state index contributed by atoms with van der Waals surface area (Å²) in [7, 11) is 3.01. The molecule has 0 aliphatic rings. The molecule has 0 saturated heterocycles. The lowest BCUT2D eigenvalue weighted by atomic mass is 10.2. The van der Waals surface area contributed by atoms with Gasteiger partial charge in [0.15, 0.2) is 0 Å². The van der Waals surface area contributed by atoms with E-state index in [9.17, 15) is 10.1 Å². The van der Waals surface area contributed by atoms with Crippen LogP contribution in [0.1, 0.15) is 5.56 Å². The average Bonchev–Trinajstić information content (AvgIpc) is 2.63. The van der Waals surface area contributed by atoms with E-state index in [-0.39, 0.29) is 5.57 Å². The highest BCUT2D eigenvalue weighted by Crippen LogP contribution is 2.29. The number of nitrogens with zero attached hydrogens (tertiary/aromatic N) is 2. The normalized spacial score (nSPS) is 10.6. The Morgan fingerprint density at radius 3 is 2.72 bits per heavy atom. The Hall–Kier alpha value is -3.53. The van der Waals surface area contributed by atoms with Gasteiger partial charge in [0, 0.05) is 18.5 Å². The molecule has 7 nitrogen and oxygen atoms in total. The standard InChI is InChI=1S/C18H18N4O3/c1-12-5-4-8-20-17(12)21-11-13(10-19)18(23)22-15-9-14(24-2)6-7-16(15)25-3/h4-9,11H,1-3H3,(H,20,21)(H,22,23)/b13-11-. The topological polar surface area (TPSA) is 96.3 Å². The third-order valence-electron chi connectivity index (χ3n) is 3.38. The predicted octanol–water partition coefficient (Wildman–Crippen LogP) is 2.87. The van der Waals surface area contributed by atoms with Crippen molar-refractivity contribution in [1.29, 1.82) is 5.26 Å². The van der Waals surface area contributed by atoms with Gasteiger partial charge < -0.3 is 20.1 Å². The molecule has 0 aliphatic heterocycles. The lowest BCUT2D eigenvalue weighted by molar-refractivity contribution is -0.112. The molecule has 0 atom stereocenters. The van der Waals surface area contributed by atoms with Gasteiger partial charge in [-0.15, -0.1) is 0 Å². The van der Waals surface area contributed by atoms with Crippen LogP contribution in [-0.2, 0) is 4.79 Å². The number of hydrogen-bond donors (Lipinski definition) is 2. The fourth-order valence-corrected chi connectivity index (χ4v) is 2.03. The maximum atomic E-state index is 12.4. The number of anilines is 2. The SMILES string of the molecule is COc1ccc(OC)c(NC(=O)/C(C#N)=C\Nc2ncccc2C)c1. The third kappa shape index (κ3) is 4.48. The Morgan fingerprint density at radius 1 is 1.28 bits per heavy atom. The van der Waals surface area contributed by atoms with Crippen molar-refractivity contribution < 1.29 is 14.3 Å². The monoisotopic (exact) mass is 338 g/mol. The summed E-state index contributed by atoms with van der Waals surface area (Å²) >= 11 is 0. The molecule has 0 unspecified atom stereocenters. The predicted molar refractivity (Wildman–Crippen MR) is 94.5 cm³/mol. The lowest BCUT2D eigenvalue weighted by Crippen LogP contribution is -2.15. The second-order valence-corrected chi connectivity index (χ2v) is 5.00. The van der Waals surface area contributed by atoms with Crippen LogP contribution < -0.4 is 20.1 Å². The van der Waals surface area contributed by atoms with Gasteiger partial charge in [0.2, 0.25) is 0 Å². The second kappa shape index (κ2) is 8.36. The van der Waals surface area contributed by atoms with Gasteiger partial charge in [0.1, 0.15) is 29.0 Å². The van der Waals surface area contributed by atoms with E-state index in [1.54, 1.807) is 30.5 Å². The number of aromatic nitrogens is 1. The number of carbonyl (C=O) groups excluding carboxylic acids is 1. The minimum atomic E-state index is -0.574. The third-order valence-corrected chi connectivity index (χ3v) is 3.38. The number of hydrogen-bond acceptors (Lipinski definition) is 6. The Balaban J connectivity index is 2.19. The van der Waals surface area contributed by atoms with Crippen LogP contribution in [0.3, 0.4) is 0 Å². The van der Waals surface area contributed by atoms with Crippen molar-refractivity contribution in [3.63, 3.8) is 0 Å². The quantitative estimate of drug-likeness (QED) is 0.621. The molecular formula is C18H18N4O3. The maximum absolute atomic E-state index is 12.4. The van der Waals surface area contributed by atoms with Gasteiger partial charge in [-0.2, -0.15) is 5.26 Å². The van der Waals surface area contributed by atoms with Crippen LogP contribution in [0, 0.1) is 18.3 Å². The van der Waals surface area contributed by atoms with Crippen LogP contribution in [0.5, 0.6) is 11.5 Å². The molecule has 128 valence electrons. The van der Waals surface area contributed by atoms with Crippen LogP contribution in [0.4, 0.5) is 11.5 Å². The summed E-state index contributed by atoms with van der Waals surface area (Å²) < 4.78 is 10.3. The highest BCUT2D eigenvalue weighted by atomic mass is 16.5. The van der Waals surface area contributed by atoms with Crippen molar-refractivity contribution in [2.45, 2.75) is 6.92 Å². The van der Waals surface area contributed by atoms with Crippen molar-refractivity contribution in [1.82, 2.24) is 4.98 Å². The molecule has 0 spiro atoms. The van der Waals surface area contributed by atoms with Crippen LogP contribution in [0.25, 0.3) is 0 Å². The minimum absolute atomic E-state index is 0.102. The minimum Gasteiger partial charge on any atom is -0.497 e. The number of methoxy groups -OCH3 is 2. The summed E-state index contributed by atoms with van der Waals surface area (Å²) in [6, 6.07) is 10.5. The van der Waals surface area contributed by atoms with Crippen LogP contribution in [-0.4, -0.2) is 25.1 Å². The van der Waals surface area contributed by atoms with Gasteiger partial charge in [0.05, 0.1) is 19.9 Å². The van der Waals surface area contributed by atoms with E-state index in [4.69, 9.17) is 9.47 Å². The number of benzene rings is 1. The zero-order chi connectivity index (χ0) is 18.2. The summed E-state index contributed by atoms with van der Waals surface area (Å²) in [4.78, 5) is 16.5. The lowest BCUT2D eigenvalue weighted by Gasteiger charge is -2.11. The number of aryl methyl sites for hydroxylation is 1. The number of ether oxygens (including phenoxy) is 2. The number of pyridine rings is 1. The van der Waals surface area contributed by atoms with E-state index < -0.39 is 5.91 Å². The number of nitrogens with one attached hydrogen (secondary N) is 2. The summed E-state index contributed by atoms with van der Waals surface area (Å²) in [6.45, 7) is 1.87. The Bertz CT molecular complexity index is 840. The van der Waals surface area contributed by atoms with Crippen molar-refractivity contribution in [2.75, 3.05) is 24.9 Å². The van der Waals surface area contributed by atoms with Crippen molar-refractivity contribution in [3.05, 3.63) is 53.9 Å². The molecule has 0 aliphatic carbocycles. The number of amides is 1. The van der Waals surface area contributed by atoms with E-state index in [0.29, 0.717) is 23.0 Å². The molecule has 25 heavy (non-hydrogen) atoms. The molecule has 1 heterocycles. The van der Waals surface area contributed by atoms with Gasteiger partial charge in [-0.1, -0.05) is 6.07 Å². The van der Waals surface area contributed by atoms with Crippen molar-refractivity contribution in [3.8, 4) is 17.6 Å². The first-order chi connectivity index (χ1) is 12.1. The van der Waals surface area contributed by atoms with Crippen LogP contribution in [0.15, 0.2) is 48.3 Å². The Kier molecular flexibility index (Phi) is 5.96. The molecule has 2 N–H and O–H groups in total. The first kappa shape index (κ1) is 17.8. The van der Waals surface area contributed by atoms with Crippen molar-refractivity contribution in [2.24, 2.45) is 0 Å². The maximum Gasteiger partial charge on any atom is 0.267 e. The number of carbonyl (C=O) groups is 1. The highest BCUT2D eigenvalue weighted by molar-refractivity contribution is 6.07. The first-order valence-corrected chi connectivity index (χ1v) is 7.41. The molecule has 1 aromatic carbocycles. The zero-order valence-electron chi connectivity index (χ0n) is 14.2. The summed E-state index contributed by atoms with van der Waals surface area (Å²) in [5, 5.41) is 14.8. The Labute approximate surface area is 145 Å². The van der Waals surface area contributed by atoms with E-state index >= 15 is 0 Å².